The van der Waals surface area contributed by atoms with Gasteiger partial charge in [0.15, 0.2) is 0 Å². The van der Waals surface area contributed by atoms with E-state index in [1.807, 2.05) is 22.4 Å². The molecule has 0 bridgehead atoms. The van der Waals surface area contributed by atoms with Gasteiger partial charge in [-0.3, -0.25) is 9.59 Å². The molecule has 0 spiro atoms. The summed E-state index contributed by atoms with van der Waals surface area (Å²) in [5.41, 5.74) is 0.533. The van der Waals surface area contributed by atoms with Crippen molar-refractivity contribution >= 4 is 23.2 Å². The van der Waals surface area contributed by atoms with Crippen molar-refractivity contribution in [3.8, 4) is 0 Å². The van der Waals surface area contributed by atoms with E-state index in [1.54, 1.807) is 11.3 Å². The summed E-state index contributed by atoms with van der Waals surface area (Å²) < 4.78 is 13.0. The summed E-state index contributed by atoms with van der Waals surface area (Å²) in [6.07, 6.45) is 3.26. The molecule has 2 aromatic rings. The number of benzene rings is 1. The number of hydrogen-bond donors (Lipinski definition) is 1. The Morgan fingerprint density at radius 3 is 2.54 bits per heavy atom. The molecule has 0 radical (unpaired) electrons. The standard InChI is InChI=1S/C20H23FN2O2S/c21-17-5-3-16(4-6-17)20(25)23-11-8-15(9-12-23)7-10-22-19(24)14-18-2-1-13-26-18/h1-6,13,15H,7-12,14H2,(H,22,24). The molecule has 0 unspecified atom stereocenters. The van der Waals surface area contributed by atoms with Crippen molar-refractivity contribution in [1.82, 2.24) is 10.2 Å². The third-order valence-corrected chi connectivity index (χ3v) is 5.66. The van der Waals surface area contributed by atoms with E-state index in [9.17, 15) is 14.0 Å². The number of hydrogen-bond acceptors (Lipinski definition) is 3. The highest BCUT2D eigenvalue weighted by atomic mass is 32.1. The van der Waals surface area contributed by atoms with Crippen molar-refractivity contribution in [2.75, 3.05) is 19.6 Å². The van der Waals surface area contributed by atoms with E-state index < -0.39 is 0 Å². The monoisotopic (exact) mass is 374 g/mol. The highest BCUT2D eigenvalue weighted by Gasteiger charge is 2.23. The van der Waals surface area contributed by atoms with Gasteiger partial charge in [0.1, 0.15) is 5.82 Å². The first-order valence-electron chi connectivity index (χ1n) is 8.96. The molecule has 1 aromatic heterocycles. The number of rotatable bonds is 6. The van der Waals surface area contributed by atoms with Crippen LogP contribution in [-0.2, 0) is 11.2 Å². The van der Waals surface area contributed by atoms with Gasteiger partial charge in [-0.15, -0.1) is 11.3 Å². The number of amides is 2. The average Bonchev–Trinajstić information content (AvgIpc) is 3.15. The van der Waals surface area contributed by atoms with E-state index in [-0.39, 0.29) is 17.6 Å². The summed E-state index contributed by atoms with van der Waals surface area (Å²) in [5.74, 6) is 0.222. The lowest BCUT2D eigenvalue weighted by Crippen LogP contribution is -2.39. The largest absolute Gasteiger partial charge is 0.356 e. The molecule has 1 aliphatic rings. The molecule has 2 amide bonds. The van der Waals surface area contributed by atoms with Crippen LogP contribution in [0.2, 0.25) is 0 Å². The molecule has 6 heteroatoms. The second-order valence-electron chi connectivity index (χ2n) is 6.64. The van der Waals surface area contributed by atoms with Gasteiger partial charge >= 0.3 is 0 Å². The van der Waals surface area contributed by atoms with Crippen LogP contribution < -0.4 is 5.32 Å². The maximum absolute atomic E-state index is 13.0. The lowest BCUT2D eigenvalue weighted by Gasteiger charge is -2.32. The molecular formula is C20H23FN2O2S. The number of thiophene rings is 1. The third kappa shape index (κ3) is 5.14. The smallest absolute Gasteiger partial charge is 0.253 e. The Morgan fingerprint density at radius 2 is 1.88 bits per heavy atom. The number of likely N-dealkylation sites (tertiary alicyclic amines) is 1. The Balaban J connectivity index is 1.36. The van der Waals surface area contributed by atoms with Crippen molar-refractivity contribution in [3.05, 3.63) is 58.0 Å². The number of nitrogens with zero attached hydrogens (tertiary/aromatic N) is 1. The Labute approximate surface area is 157 Å². The average molecular weight is 374 g/mol. The van der Waals surface area contributed by atoms with Gasteiger partial charge in [-0.25, -0.2) is 4.39 Å². The van der Waals surface area contributed by atoms with E-state index in [4.69, 9.17) is 0 Å². The summed E-state index contributed by atoms with van der Waals surface area (Å²) in [4.78, 5) is 27.2. The number of carbonyl (C=O) groups excluding carboxylic acids is 2. The summed E-state index contributed by atoms with van der Waals surface area (Å²) in [6, 6.07) is 9.63. The van der Waals surface area contributed by atoms with Crippen LogP contribution >= 0.6 is 11.3 Å². The first-order chi connectivity index (χ1) is 12.6. The third-order valence-electron chi connectivity index (χ3n) is 4.78. The molecule has 0 atom stereocenters. The first-order valence-corrected chi connectivity index (χ1v) is 9.83. The molecule has 1 fully saturated rings. The van der Waals surface area contributed by atoms with Gasteiger partial charge in [0.25, 0.3) is 5.91 Å². The Morgan fingerprint density at radius 1 is 1.15 bits per heavy atom. The van der Waals surface area contributed by atoms with Crippen LogP contribution in [0.1, 0.15) is 34.5 Å². The van der Waals surface area contributed by atoms with Crippen molar-refractivity contribution in [2.24, 2.45) is 5.92 Å². The van der Waals surface area contributed by atoms with E-state index in [0.717, 1.165) is 24.1 Å². The Hall–Kier alpha value is -2.21. The summed E-state index contributed by atoms with van der Waals surface area (Å²) >= 11 is 1.60. The van der Waals surface area contributed by atoms with Gasteiger partial charge in [-0.1, -0.05) is 6.07 Å². The molecule has 1 N–H and O–H groups in total. The molecule has 26 heavy (non-hydrogen) atoms. The molecule has 0 saturated carbocycles. The van der Waals surface area contributed by atoms with Crippen LogP contribution in [0.5, 0.6) is 0 Å². The van der Waals surface area contributed by atoms with Gasteiger partial charge in [-0.05, 0) is 60.9 Å². The van der Waals surface area contributed by atoms with E-state index in [0.29, 0.717) is 37.5 Å². The molecule has 1 saturated heterocycles. The van der Waals surface area contributed by atoms with Gasteiger partial charge in [0, 0.05) is 30.1 Å². The van der Waals surface area contributed by atoms with Gasteiger partial charge in [0.05, 0.1) is 6.42 Å². The number of nitrogens with one attached hydrogen (secondary N) is 1. The van der Waals surface area contributed by atoms with Crippen LogP contribution in [0.4, 0.5) is 4.39 Å². The summed E-state index contributed by atoms with van der Waals surface area (Å²) in [5, 5.41) is 4.96. The van der Waals surface area contributed by atoms with Crippen LogP contribution in [0.15, 0.2) is 41.8 Å². The van der Waals surface area contributed by atoms with Crippen molar-refractivity contribution in [3.63, 3.8) is 0 Å². The predicted octanol–water partition coefficient (Wildman–Crippen LogP) is 3.49. The van der Waals surface area contributed by atoms with Gasteiger partial charge in [-0.2, -0.15) is 0 Å². The first kappa shape index (κ1) is 18.6. The maximum atomic E-state index is 13.0. The molecule has 2 heterocycles. The van der Waals surface area contributed by atoms with E-state index in [1.165, 1.54) is 24.3 Å². The van der Waals surface area contributed by atoms with E-state index in [2.05, 4.69) is 5.32 Å². The topological polar surface area (TPSA) is 49.4 Å². The second-order valence-corrected chi connectivity index (χ2v) is 7.67. The molecule has 1 aromatic carbocycles. The minimum Gasteiger partial charge on any atom is -0.356 e. The zero-order valence-electron chi connectivity index (χ0n) is 14.6. The lowest BCUT2D eigenvalue weighted by molar-refractivity contribution is -0.120. The number of halogens is 1. The fraction of sp³-hybridized carbons (Fsp3) is 0.400. The normalized spacial score (nSPS) is 15.0. The van der Waals surface area contributed by atoms with Crippen LogP contribution in [0.25, 0.3) is 0 Å². The summed E-state index contributed by atoms with van der Waals surface area (Å²) in [6.45, 7) is 2.11. The van der Waals surface area contributed by atoms with Gasteiger partial charge in [0.2, 0.25) is 5.91 Å². The summed E-state index contributed by atoms with van der Waals surface area (Å²) in [7, 11) is 0. The molecular weight excluding hydrogens is 351 g/mol. The molecule has 1 aliphatic heterocycles. The molecule has 138 valence electrons. The van der Waals surface area contributed by atoms with Crippen molar-refractivity contribution < 1.29 is 14.0 Å². The van der Waals surface area contributed by atoms with E-state index >= 15 is 0 Å². The predicted molar refractivity (Wildman–Crippen MR) is 101 cm³/mol. The second kappa shape index (κ2) is 8.94. The SMILES string of the molecule is O=C(Cc1cccs1)NCCC1CCN(C(=O)c2ccc(F)cc2)CC1. The minimum absolute atomic E-state index is 0.0345. The Kier molecular flexibility index (Phi) is 6.39. The quantitative estimate of drug-likeness (QED) is 0.841. The highest BCUT2D eigenvalue weighted by molar-refractivity contribution is 7.10. The lowest BCUT2D eigenvalue weighted by atomic mass is 9.93. The highest BCUT2D eigenvalue weighted by Crippen LogP contribution is 2.21. The molecule has 4 nitrogen and oxygen atoms in total. The fourth-order valence-corrected chi connectivity index (χ4v) is 3.95. The van der Waals surface area contributed by atoms with Crippen molar-refractivity contribution in [2.45, 2.75) is 25.7 Å². The maximum Gasteiger partial charge on any atom is 0.253 e. The molecule has 0 aliphatic carbocycles. The zero-order chi connectivity index (χ0) is 18.4. The van der Waals surface area contributed by atoms with Crippen LogP contribution in [-0.4, -0.2) is 36.3 Å². The van der Waals surface area contributed by atoms with Crippen LogP contribution in [0, 0.1) is 11.7 Å². The van der Waals surface area contributed by atoms with Crippen LogP contribution in [0.3, 0.4) is 0 Å². The van der Waals surface area contributed by atoms with Gasteiger partial charge < -0.3 is 10.2 Å². The van der Waals surface area contributed by atoms with Crippen molar-refractivity contribution in [1.29, 1.82) is 0 Å². The Bertz CT molecular complexity index is 723. The number of piperidine rings is 1. The minimum atomic E-state index is -0.332. The zero-order valence-corrected chi connectivity index (χ0v) is 15.4. The molecule has 3 rings (SSSR count). The fourth-order valence-electron chi connectivity index (χ4n) is 3.25. The number of carbonyl (C=O) groups is 2.